The van der Waals surface area contributed by atoms with Crippen LogP contribution in [-0.2, 0) is 4.79 Å². The molecule has 0 radical (unpaired) electrons. The van der Waals surface area contributed by atoms with Gasteiger partial charge in [-0.1, -0.05) is 24.9 Å². The molecule has 1 atom stereocenters. The highest BCUT2D eigenvalue weighted by Gasteiger charge is 2.56. The number of carbonyl (C=O) groups excluding carboxylic acids is 1. The molecule has 5 heteroatoms. The van der Waals surface area contributed by atoms with Crippen LogP contribution in [0.4, 0.5) is 0 Å². The van der Waals surface area contributed by atoms with Gasteiger partial charge >= 0.3 is 0 Å². The van der Waals surface area contributed by atoms with Crippen molar-refractivity contribution in [2.24, 2.45) is 16.3 Å². The number of oxime groups is 1. The second-order valence-corrected chi connectivity index (χ2v) is 5.48. The van der Waals surface area contributed by atoms with Crippen LogP contribution in [0.2, 0.25) is 0 Å². The van der Waals surface area contributed by atoms with Crippen LogP contribution < -0.4 is 5.73 Å². The highest BCUT2D eigenvalue weighted by atomic mass is 16.4. The van der Waals surface area contributed by atoms with E-state index in [4.69, 9.17) is 10.9 Å². The third-order valence-electron chi connectivity index (χ3n) is 4.37. The van der Waals surface area contributed by atoms with E-state index in [0.717, 1.165) is 25.8 Å². The van der Waals surface area contributed by atoms with Crippen LogP contribution in [0.25, 0.3) is 0 Å². The van der Waals surface area contributed by atoms with Gasteiger partial charge in [-0.2, -0.15) is 0 Å². The Hall–Kier alpha value is -1.26. The molecule has 1 unspecified atom stereocenters. The van der Waals surface area contributed by atoms with Gasteiger partial charge < -0.3 is 15.8 Å². The Morgan fingerprint density at radius 2 is 2.17 bits per heavy atom. The molecular weight excluding hydrogens is 230 g/mol. The first kappa shape index (κ1) is 13.2. The standard InChI is InChI=1S/C13H23N3O2/c1-2-10-6-4-3-5-9-16(10)12(17)13(7-8-13)11(14)15-18/h10,18H,2-9H2,1H3,(H2,14,15). The molecule has 0 bridgehead atoms. The normalized spacial score (nSPS) is 27.7. The molecule has 1 saturated heterocycles. The van der Waals surface area contributed by atoms with Gasteiger partial charge in [0, 0.05) is 12.6 Å². The summed E-state index contributed by atoms with van der Waals surface area (Å²) in [6, 6.07) is 0.323. The summed E-state index contributed by atoms with van der Waals surface area (Å²) in [5.74, 6) is 0.165. The number of amides is 1. The zero-order valence-corrected chi connectivity index (χ0v) is 11.1. The zero-order valence-electron chi connectivity index (χ0n) is 11.1. The van der Waals surface area contributed by atoms with E-state index in [1.165, 1.54) is 12.8 Å². The summed E-state index contributed by atoms with van der Waals surface area (Å²) in [6.07, 6.45) is 6.94. The number of nitrogens with zero attached hydrogens (tertiary/aromatic N) is 2. The second kappa shape index (κ2) is 5.16. The largest absolute Gasteiger partial charge is 0.409 e. The molecule has 18 heavy (non-hydrogen) atoms. The van der Waals surface area contributed by atoms with Crippen LogP contribution in [-0.4, -0.2) is 34.4 Å². The van der Waals surface area contributed by atoms with Gasteiger partial charge in [-0.25, -0.2) is 0 Å². The Kier molecular flexibility index (Phi) is 3.78. The first-order valence-electron chi connectivity index (χ1n) is 6.95. The lowest BCUT2D eigenvalue weighted by atomic mass is 10.0. The van der Waals surface area contributed by atoms with Crippen molar-refractivity contribution in [1.29, 1.82) is 0 Å². The highest BCUT2D eigenvalue weighted by Crippen LogP contribution is 2.48. The van der Waals surface area contributed by atoms with Crippen LogP contribution in [0.1, 0.15) is 51.9 Å². The van der Waals surface area contributed by atoms with E-state index >= 15 is 0 Å². The minimum Gasteiger partial charge on any atom is -0.409 e. The predicted octanol–water partition coefficient (Wildman–Crippen LogP) is 1.69. The fourth-order valence-electron chi connectivity index (χ4n) is 2.94. The Labute approximate surface area is 108 Å². The van der Waals surface area contributed by atoms with Gasteiger partial charge in [0.25, 0.3) is 0 Å². The smallest absolute Gasteiger partial charge is 0.236 e. The summed E-state index contributed by atoms with van der Waals surface area (Å²) in [7, 11) is 0. The number of hydrogen-bond acceptors (Lipinski definition) is 3. The van der Waals surface area contributed by atoms with E-state index < -0.39 is 5.41 Å². The lowest BCUT2D eigenvalue weighted by Crippen LogP contribution is -2.48. The maximum Gasteiger partial charge on any atom is 0.236 e. The van der Waals surface area contributed by atoms with E-state index in [0.29, 0.717) is 18.9 Å². The molecule has 102 valence electrons. The van der Waals surface area contributed by atoms with E-state index in [1.54, 1.807) is 0 Å². The number of carbonyl (C=O) groups is 1. The van der Waals surface area contributed by atoms with Crippen molar-refractivity contribution < 1.29 is 10.0 Å². The third kappa shape index (κ3) is 2.18. The van der Waals surface area contributed by atoms with Crippen LogP contribution in [0.5, 0.6) is 0 Å². The minimum atomic E-state index is -0.688. The molecule has 1 aliphatic heterocycles. The average Bonchev–Trinajstić information content (AvgIpc) is 3.20. The molecule has 2 fully saturated rings. The van der Waals surface area contributed by atoms with Crippen LogP contribution in [0.3, 0.4) is 0 Å². The first-order chi connectivity index (χ1) is 8.65. The SMILES string of the molecule is CCC1CCCCCN1C(=O)C1(C(N)=NO)CC1. The molecule has 3 N–H and O–H groups in total. The van der Waals surface area contributed by atoms with E-state index in [2.05, 4.69) is 12.1 Å². The zero-order chi connectivity index (χ0) is 13.2. The molecule has 0 aromatic carbocycles. The summed E-state index contributed by atoms with van der Waals surface area (Å²) in [6.45, 7) is 2.94. The van der Waals surface area contributed by atoms with Crippen LogP contribution in [0.15, 0.2) is 5.16 Å². The van der Waals surface area contributed by atoms with Crippen molar-refractivity contribution in [3.05, 3.63) is 0 Å². The molecule has 1 amide bonds. The predicted molar refractivity (Wildman–Crippen MR) is 69.3 cm³/mol. The van der Waals surface area contributed by atoms with E-state index in [9.17, 15) is 4.79 Å². The molecular formula is C13H23N3O2. The van der Waals surface area contributed by atoms with Crippen molar-refractivity contribution in [3.8, 4) is 0 Å². The lowest BCUT2D eigenvalue weighted by Gasteiger charge is -2.32. The Morgan fingerprint density at radius 3 is 2.72 bits per heavy atom. The topological polar surface area (TPSA) is 78.9 Å². The molecule has 1 saturated carbocycles. The molecule has 1 heterocycles. The summed E-state index contributed by atoms with van der Waals surface area (Å²) in [5, 5.41) is 11.9. The maximum absolute atomic E-state index is 12.7. The molecule has 0 aromatic rings. The Bertz CT molecular complexity index is 350. The number of rotatable bonds is 3. The van der Waals surface area contributed by atoms with Crippen LogP contribution >= 0.6 is 0 Å². The van der Waals surface area contributed by atoms with Gasteiger partial charge in [0.1, 0.15) is 5.41 Å². The molecule has 1 aliphatic carbocycles. The Balaban J connectivity index is 2.16. The lowest BCUT2D eigenvalue weighted by molar-refractivity contribution is -0.137. The number of hydrogen-bond donors (Lipinski definition) is 2. The van der Waals surface area contributed by atoms with Crippen molar-refractivity contribution in [3.63, 3.8) is 0 Å². The quantitative estimate of drug-likeness (QED) is 0.348. The number of likely N-dealkylation sites (tertiary alicyclic amines) is 1. The summed E-state index contributed by atoms with van der Waals surface area (Å²) in [4.78, 5) is 14.6. The minimum absolute atomic E-state index is 0.0755. The second-order valence-electron chi connectivity index (χ2n) is 5.48. The van der Waals surface area contributed by atoms with Gasteiger partial charge in [0.15, 0.2) is 5.84 Å². The summed E-state index contributed by atoms with van der Waals surface area (Å²) < 4.78 is 0. The van der Waals surface area contributed by atoms with Gasteiger partial charge in [-0.05, 0) is 32.1 Å². The van der Waals surface area contributed by atoms with E-state index in [1.807, 2.05) is 4.90 Å². The number of amidine groups is 1. The van der Waals surface area contributed by atoms with Crippen LogP contribution in [0, 0.1) is 5.41 Å². The third-order valence-corrected chi connectivity index (χ3v) is 4.37. The average molecular weight is 253 g/mol. The molecule has 0 aromatic heterocycles. The van der Waals surface area contributed by atoms with Crippen molar-refractivity contribution in [2.45, 2.75) is 57.9 Å². The summed E-state index contributed by atoms with van der Waals surface area (Å²) in [5.41, 5.74) is 5.01. The molecule has 5 nitrogen and oxygen atoms in total. The number of nitrogens with two attached hydrogens (primary N) is 1. The van der Waals surface area contributed by atoms with Gasteiger partial charge in [-0.15, -0.1) is 0 Å². The van der Waals surface area contributed by atoms with Crippen molar-refractivity contribution in [1.82, 2.24) is 4.90 Å². The van der Waals surface area contributed by atoms with Gasteiger partial charge in [0.2, 0.25) is 5.91 Å². The highest BCUT2D eigenvalue weighted by molar-refractivity contribution is 6.09. The van der Waals surface area contributed by atoms with Gasteiger partial charge in [0.05, 0.1) is 0 Å². The molecule has 2 rings (SSSR count). The monoisotopic (exact) mass is 253 g/mol. The first-order valence-corrected chi connectivity index (χ1v) is 6.95. The summed E-state index contributed by atoms with van der Waals surface area (Å²) >= 11 is 0. The van der Waals surface area contributed by atoms with E-state index in [-0.39, 0.29) is 11.7 Å². The molecule has 2 aliphatic rings. The van der Waals surface area contributed by atoms with Crippen molar-refractivity contribution >= 4 is 11.7 Å². The van der Waals surface area contributed by atoms with Gasteiger partial charge in [-0.3, -0.25) is 4.79 Å². The van der Waals surface area contributed by atoms with Crippen molar-refractivity contribution in [2.75, 3.05) is 6.54 Å². The molecule has 0 spiro atoms. The maximum atomic E-state index is 12.7. The fourth-order valence-corrected chi connectivity index (χ4v) is 2.94. The fraction of sp³-hybridized carbons (Fsp3) is 0.846. The Morgan fingerprint density at radius 1 is 1.44 bits per heavy atom.